The van der Waals surface area contributed by atoms with Gasteiger partial charge in [-0.05, 0) is 34.5 Å². The molecule has 0 aliphatic rings. The van der Waals surface area contributed by atoms with E-state index < -0.39 is 0 Å². The number of nitrogen functional groups attached to an aromatic ring is 1. The van der Waals surface area contributed by atoms with Gasteiger partial charge >= 0.3 is 0 Å². The lowest BCUT2D eigenvalue weighted by Gasteiger charge is -2.06. The lowest BCUT2D eigenvalue weighted by atomic mass is 10.0. The van der Waals surface area contributed by atoms with Crippen molar-refractivity contribution in [1.29, 1.82) is 0 Å². The molecule has 0 radical (unpaired) electrons. The monoisotopic (exact) mass is 346 g/mol. The third-order valence-corrected chi connectivity index (χ3v) is 5.15. The average molecular weight is 346 g/mol. The quantitative estimate of drug-likeness (QED) is 0.520. The molecule has 2 N–H and O–H groups in total. The highest BCUT2D eigenvalue weighted by Crippen LogP contribution is 2.30. The third kappa shape index (κ3) is 3.08. The summed E-state index contributed by atoms with van der Waals surface area (Å²) in [7, 11) is 1.62. The molecular weight excluding hydrogens is 328 g/mol. The van der Waals surface area contributed by atoms with Crippen LogP contribution in [0.1, 0.15) is 10.6 Å². The number of fused-ring (bicyclic) bond motifs is 1. The second-order valence-electron chi connectivity index (χ2n) is 5.90. The van der Waals surface area contributed by atoms with Gasteiger partial charge in [-0.3, -0.25) is 0 Å². The van der Waals surface area contributed by atoms with Crippen LogP contribution in [0.25, 0.3) is 22.0 Å². The second-order valence-corrected chi connectivity index (χ2v) is 6.84. The van der Waals surface area contributed by atoms with Crippen LogP contribution in [0.15, 0.2) is 66.0 Å². The van der Waals surface area contributed by atoms with Gasteiger partial charge in [0.15, 0.2) is 0 Å². The first kappa shape index (κ1) is 15.7. The number of nitrogens with two attached hydrogens (primary N) is 1. The Morgan fingerprint density at radius 3 is 2.72 bits per heavy atom. The molecule has 3 nitrogen and oxygen atoms in total. The summed E-state index contributed by atoms with van der Waals surface area (Å²) in [5.74, 6) is 0.690. The number of ether oxygens (including phenoxy) is 1. The Balaban J connectivity index is 1.64. The van der Waals surface area contributed by atoms with Crippen molar-refractivity contribution in [1.82, 2.24) is 4.98 Å². The molecule has 25 heavy (non-hydrogen) atoms. The Kier molecular flexibility index (Phi) is 4.12. The van der Waals surface area contributed by atoms with Crippen molar-refractivity contribution >= 4 is 27.8 Å². The number of hydrogen-bond donors (Lipinski definition) is 1. The van der Waals surface area contributed by atoms with E-state index in [2.05, 4.69) is 47.8 Å². The van der Waals surface area contributed by atoms with Crippen LogP contribution < -0.4 is 10.5 Å². The number of benzene rings is 3. The molecule has 3 aromatic carbocycles. The van der Waals surface area contributed by atoms with Crippen molar-refractivity contribution in [3.63, 3.8) is 0 Å². The van der Waals surface area contributed by atoms with Crippen molar-refractivity contribution in [2.24, 2.45) is 0 Å². The van der Waals surface area contributed by atoms with Crippen LogP contribution in [0.3, 0.4) is 0 Å². The smallest absolute Gasteiger partial charge is 0.141 e. The minimum Gasteiger partial charge on any atom is -0.495 e. The molecule has 0 unspecified atom stereocenters. The van der Waals surface area contributed by atoms with Crippen LogP contribution in [0.5, 0.6) is 5.75 Å². The minimum absolute atomic E-state index is 0.628. The summed E-state index contributed by atoms with van der Waals surface area (Å²) in [5, 5.41) is 5.73. The van der Waals surface area contributed by atoms with Crippen molar-refractivity contribution in [3.05, 3.63) is 76.6 Å². The van der Waals surface area contributed by atoms with Gasteiger partial charge in [-0.2, -0.15) is 0 Å². The lowest BCUT2D eigenvalue weighted by molar-refractivity contribution is 0.417. The summed E-state index contributed by atoms with van der Waals surface area (Å²) in [4.78, 5) is 4.80. The Labute approximate surface area is 150 Å². The summed E-state index contributed by atoms with van der Waals surface area (Å²) < 4.78 is 5.22. The van der Waals surface area contributed by atoms with Gasteiger partial charge in [-0.1, -0.05) is 42.5 Å². The molecule has 4 heteroatoms. The molecule has 4 aromatic rings. The Hall–Kier alpha value is -2.85. The second kappa shape index (κ2) is 6.57. The summed E-state index contributed by atoms with van der Waals surface area (Å²) in [5.41, 5.74) is 9.91. The first-order chi connectivity index (χ1) is 12.2. The fourth-order valence-electron chi connectivity index (χ4n) is 3.03. The molecule has 0 saturated heterocycles. The first-order valence-corrected chi connectivity index (χ1v) is 8.97. The molecule has 1 aromatic heterocycles. The van der Waals surface area contributed by atoms with Crippen molar-refractivity contribution in [2.45, 2.75) is 6.42 Å². The molecular formula is C21H18N2OS. The van der Waals surface area contributed by atoms with Gasteiger partial charge in [0.2, 0.25) is 0 Å². The number of rotatable bonds is 4. The van der Waals surface area contributed by atoms with E-state index in [0.717, 1.165) is 22.7 Å². The van der Waals surface area contributed by atoms with Crippen LogP contribution in [0.2, 0.25) is 0 Å². The molecule has 4 rings (SSSR count). The van der Waals surface area contributed by atoms with Crippen LogP contribution in [0.4, 0.5) is 5.69 Å². The van der Waals surface area contributed by atoms with Crippen molar-refractivity contribution in [3.8, 4) is 17.0 Å². The number of aromatic nitrogens is 1. The lowest BCUT2D eigenvalue weighted by Crippen LogP contribution is -1.93. The normalized spacial score (nSPS) is 10.9. The number of nitrogens with zero attached hydrogens (tertiary/aromatic N) is 1. The van der Waals surface area contributed by atoms with E-state index in [4.69, 9.17) is 15.5 Å². The SMILES string of the molecule is COc1ccc(-c2csc(Cc3cccc4ccccc34)n2)cc1N. The highest BCUT2D eigenvalue weighted by molar-refractivity contribution is 7.10. The standard InChI is InChI=1S/C21H18N2OS/c1-24-20-10-9-16(11-18(20)22)19-13-25-21(23-19)12-15-7-4-6-14-5-2-3-8-17(14)15/h2-11,13H,12,22H2,1H3. The van der Waals surface area contributed by atoms with E-state index in [1.54, 1.807) is 18.4 Å². The highest BCUT2D eigenvalue weighted by Gasteiger charge is 2.09. The van der Waals surface area contributed by atoms with Crippen molar-refractivity contribution in [2.75, 3.05) is 12.8 Å². The maximum atomic E-state index is 6.01. The molecule has 0 saturated carbocycles. The zero-order chi connectivity index (χ0) is 17.2. The summed E-state index contributed by atoms with van der Waals surface area (Å²) >= 11 is 1.68. The van der Waals surface area contributed by atoms with Gasteiger partial charge in [0.1, 0.15) is 5.75 Å². The van der Waals surface area contributed by atoms with E-state index in [1.165, 1.54) is 16.3 Å². The number of hydrogen-bond acceptors (Lipinski definition) is 4. The summed E-state index contributed by atoms with van der Waals surface area (Å²) in [6.45, 7) is 0. The van der Waals surface area contributed by atoms with Crippen molar-refractivity contribution < 1.29 is 4.74 Å². The van der Waals surface area contributed by atoms with Gasteiger partial charge in [0.05, 0.1) is 23.5 Å². The number of methoxy groups -OCH3 is 1. The molecule has 1 heterocycles. The molecule has 0 fully saturated rings. The van der Waals surface area contributed by atoms with E-state index in [1.807, 2.05) is 18.2 Å². The minimum atomic E-state index is 0.628. The molecule has 0 atom stereocenters. The highest BCUT2D eigenvalue weighted by atomic mass is 32.1. The van der Waals surface area contributed by atoms with E-state index in [9.17, 15) is 0 Å². The Morgan fingerprint density at radius 1 is 1.04 bits per heavy atom. The van der Waals surface area contributed by atoms with E-state index in [-0.39, 0.29) is 0 Å². The van der Waals surface area contributed by atoms with Crippen LogP contribution in [-0.4, -0.2) is 12.1 Å². The topological polar surface area (TPSA) is 48.1 Å². The molecule has 0 aliphatic carbocycles. The van der Waals surface area contributed by atoms with Gasteiger partial charge in [-0.25, -0.2) is 4.98 Å². The number of anilines is 1. The average Bonchev–Trinajstić information content (AvgIpc) is 3.10. The predicted octanol–water partition coefficient (Wildman–Crippen LogP) is 5.14. The third-order valence-electron chi connectivity index (χ3n) is 4.30. The molecule has 0 bridgehead atoms. The molecule has 0 aliphatic heterocycles. The maximum absolute atomic E-state index is 6.01. The Morgan fingerprint density at radius 2 is 1.88 bits per heavy atom. The molecule has 0 amide bonds. The maximum Gasteiger partial charge on any atom is 0.141 e. The van der Waals surface area contributed by atoms with Gasteiger partial charge < -0.3 is 10.5 Å². The van der Waals surface area contributed by atoms with Crippen LogP contribution >= 0.6 is 11.3 Å². The molecule has 124 valence electrons. The fraction of sp³-hybridized carbons (Fsp3) is 0.0952. The van der Waals surface area contributed by atoms with Gasteiger partial charge in [0.25, 0.3) is 0 Å². The van der Waals surface area contributed by atoms with Crippen LogP contribution in [-0.2, 0) is 6.42 Å². The van der Waals surface area contributed by atoms with Crippen LogP contribution in [0, 0.1) is 0 Å². The van der Waals surface area contributed by atoms with E-state index in [0.29, 0.717) is 11.4 Å². The Bertz CT molecular complexity index is 1030. The van der Waals surface area contributed by atoms with Gasteiger partial charge in [-0.15, -0.1) is 11.3 Å². The van der Waals surface area contributed by atoms with E-state index >= 15 is 0 Å². The molecule has 0 spiro atoms. The zero-order valence-corrected chi connectivity index (χ0v) is 14.7. The summed E-state index contributed by atoms with van der Waals surface area (Å²) in [6, 6.07) is 20.7. The largest absolute Gasteiger partial charge is 0.495 e. The zero-order valence-electron chi connectivity index (χ0n) is 13.9. The van der Waals surface area contributed by atoms with Gasteiger partial charge in [0, 0.05) is 17.4 Å². The predicted molar refractivity (Wildman–Crippen MR) is 105 cm³/mol. The summed E-state index contributed by atoms with van der Waals surface area (Å²) in [6.07, 6.45) is 0.831. The number of thiazole rings is 1. The fourth-order valence-corrected chi connectivity index (χ4v) is 3.85. The first-order valence-electron chi connectivity index (χ1n) is 8.09.